The fourth-order valence-electron chi connectivity index (χ4n) is 2.13. The highest BCUT2D eigenvalue weighted by Gasteiger charge is 2.23. The maximum absolute atomic E-state index is 12.0. The van der Waals surface area contributed by atoms with E-state index in [0.29, 0.717) is 10.1 Å². The number of aryl methyl sites for hydroxylation is 1. The van der Waals surface area contributed by atoms with Crippen molar-refractivity contribution in [3.8, 4) is 5.75 Å². The summed E-state index contributed by atoms with van der Waals surface area (Å²) in [5.41, 5.74) is 2.93. The molecule has 0 bridgehead atoms. The molecule has 2 aromatic carbocycles. The minimum atomic E-state index is -0.160. The highest BCUT2D eigenvalue weighted by molar-refractivity contribution is 8.18. The number of benzene rings is 2. The Hall–Kier alpha value is -2.53. The standard InChI is InChI=1S/C18H16N2O2S/c1-2-12-3-7-14(8-4-12)19-18-20-17(22)16(23-18)11-13-5-9-15(21)10-6-13/h3-11,21H,2H2,1H3,(H,19,20,22)/b16-11-. The zero-order valence-corrected chi connectivity index (χ0v) is 13.4. The van der Waals surface area contributed by atoms with Crippen molar-refractivity contribution in [3.05, 3.63) is 64.6 Å². The number of nitrogens with one attached hydrogen (secondary N) is 1. The average molecular weight is 324 g/mol. The van der Waals surface area contributed by atoms with Crippen LogP contribution in [-0.2, 0) is 11.2 Å². The lowest BCUT2D eigenvalue weighted by molar-refractivity contribution is -0.115. The molecule has 0 aliphatic carbocycles. The first-order chi connectivity index (χ1) is 11.1. The molecule has 0 radical (unpaired) electrons. The van der Waals surface area contributed by atoms with E-state index in [9.17, 15) is 9.90 Å². The number of aliphatic imine (C=N–C) groups is 1. The second kappa shape index (κ2) is 6.71. The second-order valence-corrected chi connectivity index (χ2v) is 6.12. The molecule has 1 aliphatic heterocycles. The molecular formula is C18H16N2O2S. The Labute approximate surface area is 139 Å². The molecule has 0 spiro atoms. The number of hydrogen-bond donors (Lipinski definition) is 2. The maximum atomic E-state index is 12.0. The number of carbonyl (C=O) groups excluding carboxylic acids is 1. The molecule has 2 N–H and O–H groups in total. The van der Waals surface area contributed by atoms with Gasteiger partial charge in [0.1, 0.15) is 5.75 Å². The minimum Gasteiger partial charge on any atom is -0.508 e. The Kier molecular flexibility index (Phi) is 4.48. The summed E-state index contributed by atoms with van der Waals surface area (Å²) in [4.78, 5) is 17.1. The number of hydrogen-bond acceptors (Lipinski definition) is 4. The number of rotatable bonds is 3. The normalized spacial score (nSPS) is 17.7. The number of amides is 1. The Morgan fingerprint density at radius 1 is 1.13 bits per heavy atom. The quantitative estimate of drug-likeness (QED) is 0.843. The lowest BCUT2D eigenvalue weighted by atomic mass is 10.2. The third kappa shape index (κ3) is 3.81. The van der Waals surface area contributed by atoms with Gasteiger partial charge in [-0.3, -0.25) is 4.79 Å². The number of carbonyl (C=O) groups is 1. The van der Waals surface area contributed by atoms with Gasteiger partial charge >= 0.3 is 0 Å². The zero-order valence-electron chi connectivity index (χ0n) is 12.6. The molecule has 116 valence electrons. The average Bonchev–Trinajstić information content (AvgIpc) is 2.90. The number of phenols is 1. The summed E-state index contributed by atoms with van der Waals surface area (Å²) in [6.45, 7) is 2.11. The van der Waals surface area contributed by atoms with Crippen LogP contribution in [0.25, 0.3) is 6.08 Å². The highest BCUT2D eigenvalue weighted by atomic mass is 32.2. The first-order valence-electron chi connectivity index (χ1n) is 7.31. The van der Waals surface area contributed by atoms with E-state index >= 15 is 0 Å². The van der Waals surface area contributed by atoms with Gasteiger partial charge in [-0.1, -0.05) is 31.2 Å². The summed E-state index contributed by atoms with van der Waals surface area (Å²) in [6.07, 6.45) is 2.77. The fraction of sp³-hybridized carbons (Fsp3) is 0.111. The molecule has 1 heterocycles. The van der Waals surface area contributed by atoms with Gasteiger partial charge < -0.3 is 10.4 Å². The number of thioether (sulfide) groups is 1. The third-order valence-electron chi connectivity index (χ3n) is 3.42. The lowest BCUT2D eigenvalue weighted by Gasteiger charge is -1.98. The fourth-order valence-corrected chi connectivity index (χ4v) is 2.97. The first-order valence-corrected chi connectivity index (χ1v) is 8.13. The van der Waals surface area contributed by atoms with Crippen LogP contribution in [0.2, 0.25) is 0 Å². The molecule has 23 heavy (non-hydrogen) atoms. The molecule has 0 saturated carbocycles. The van der Waals surface area contributed by atoms with E-state index < -0.39 is 0 Å². The van der Waals surface area contributed by atoms with E-state index in [-0.39, 0.29) is 11.7 Å². The molecule has 4 nitrogen and oxygen atoms in total. The Morgan fingerprint density at radius 2 is 1.83 bits per heavy atom. The van der Waals surface area contributed by atoms with Crippen LogP contribution in [-0.4, -0.2) is 16.2 Å². The van der Waals surface area contributed by atoms with Gasteiger partial charge in [-0.05, 0) is 59.7 Å². The van der Waals surface area contributed by atoms with Crippen LogP contribution < -0.4 is 5.32 Å². The molecular weight excluding hydrogens is 308 g/mol. The summed E-state index contributed by atoms with van der Waals surface area (Å²) in [7, 11) is 0. The summed E-state index contributed by atoms with van der Waals surface area (Å²) in [5.74, 6) is 0.0421. The summed E-state index contributed by atoms with van der Waals surface area (Å²) in [5, 5.41) is 12.6. The molecule has 2 aromatic rings. The molecule has 1 amide bonds. The van der Waals surface area contributed by atoms with E-state index in [1.807, 2.05) is 24.3 Å². The predicted octanol–water partition coefficient (Wildman–Crippen LogP) is 3.85. The first kappa shape index (κ1) is 15.4. The van der Waals surface area contributed by atoms with Crippen molar-refractivity contribution in [3.63, 3.8) is 0 Å². The van der Waals surface area contributed by atoms with Crippen LogP contribution in [0.4, 0.5) is 5.69 Å². The van der Waals surface area contributed by atoms with Crippen LogP contribution in [0.1, 0.15) is 18.1 Å². The number of aromatic hydroxyl groups is 1. The van der Waals surface area contributed by atoms with Gasteiger partial charge in [-0.2, -0.15) is 0 Å². The molecule has 5 heteroatoms. The predicted molar refractivity (Wildman–Crippen MR) is 94.7 cm³/mol. The van der Waals surface area contributed by atoms with E-state index in [0.717, 1.165) is 17.7 Å². The molecule has 1 saturated heterocycles. The minimum absolute atomic E-state index is 0.160. The molecule has 1 fully saturated rings. The van der Waals surface area contributed by atoms with E-state index in [1.54, 1.807) is 30.3 Å². The number of nitrogens with zero attached hydrogens (tertiary/aromatic N) is 1. The maximum Gasteiger partial charge on any atom is 0.264 e. The van der Waals surface area contributed by atoms with Crippen LogP contribution in [0.5, 0.6) is 5.75 Å². The van der Waals surface area contributed by atoms with Gasteiger partial charge in [0.2, 0.25) is 0 Å². The molecule has 1 aliphatic rings. The Bertz CT molecular complexity index is 778. The van der Waals surface area contributed by atoms with Crippen molar-refractivity contribution in [1.82, 2.24) is 5.32 Å². The number of phenolic OH excluding ortho intramolecular Hbond substituents is 1. The number of amidine groups is 1. The van der Waals surface area contributed by atoms with Crippen molar-refractivity contribution in [1.29, 1.82) is 0 Å². The van der Waals surface area contributed by atoms with Gasteiger partial charge in [-0.15, -0.1) is 0 Å². The van der Waals surface area contributed by atoms with Gasteiger partial charge in [-0.25, -0.2) is 4.99 Å². The largest absolute Gasteiger partial charge is 0.508 e. The van der Waals surface area contributed by atoms with Crippen LogP contribution in [0.3, 0.4) is 0 Å². The molecule has 0 aromatic heterocycles. The van der Waals surface area contributed by atoms with Crippen LogP contribution in [0.15, 0.2) is 58.4 Å². The van der Waals surface area contributed by atoms with E-state index in [1.165, 1.54) is 17.3 Å². The van der Waals surface area contributed by atoms with E-state index in [2.05, 4.69) is 17.2 Å². The third-order valence-corrected chi connectivity index (χ3v) is 4.33. The van der Waals surface area contributed by atoms with Crippen molar-refractivity contribution in [2.24, 2.45) is 4.99 Å². The Morgan fingerprint density at radius 3 is 2.48 bits per heavy atom. The van der Waals surface area contributed by atoms with Crippen molar-refractivity contribution < 1.29 is 9.90 Å². The van der Waals surface area contributed by atoms with Crippen molar-refractivity contribution >= 4 is 34.6 Å². The van der Waals surface area contributed by atoms with Gasteiger partial charge in [0.25, 0.3) is 5.91 Å². The summed E-state index contributed by atoms with van der Waals surface area (Å²) < 4.78 is 0. The Balaban J connectivity index is 1.78. The van der Waals surface area contributed by atoms with Crippen molar-refractivity contribution in [2.45, 2.75) is 13.3 Å². The lowest BCUT2D eigenvalue weighted by Crippen LogP contribution is -2.19. The molecule has 0 unspecified atom stereocenters. The molecule has 3 rings (SSSR count). The topological polar surface area (TPSA) is 61.7 Å². The molecule has 0 atom stereocenters. The van der Waals surface area contributed by atoms with Gasteiger partial charge in [0, 0.05) is 0 Å². The van der Waals surface area contributed by atoms with Gasteiger partial charge in [0.15, 0.2) is 5.17 Å². The van der Waals surface area contributed by atoms with Crippen molar-refractivity contribution in [2.75, 3.05) is 0 Å². The smallest absolute Gasteiger partial charge is 0.264 e. The monoisotopic (exact) mass is 324 g/mol. The zero-order chi connectivity index (χ0) is 16.2. The van der Waals surface area contributed by atoms with Crippen LogP contribution in [0, 0.1) is 0 Å². The summed E-state index contributed by atoms with van der Waals surface area (Å²) in [6, 6.07) is 14.7. The SMILES string of the molecule is CCc1ccc(N=C2NC(=O)/C(=C/c3ccc(O)cc3)S2)cc1. The van der Waals surface area contributed by atoms with Gasteiger partial charge in [0.05, 0.1) is 10.6 Å². The highest BCUT2D eigenvalue weighted by Crippen LogP contribution is 2.28. The summed E-state index contributed by atoms with van der Waals surface area (Å²) >= 11 is 1.31. The second-order valence-electron chi connectivity index (χ2n) is 5.09. The van der Waals surface area contributed by atoms with Crippen LogP contribution >= 0.6 is 11.8 Å². The van der Waals surface area contributed by atoms with E-state index in [4.69, 9.17) is 0 Å².